The molecule has 0 radical (unpaired) electrons. The van der Waals surface area contributed by atoms with Crippen molar-refractivity contribution < 1.29 is 28.7 Å². The average molecular weight is 527 g/mol. The number of carbonyl (C=O) groups excluding carboxylic acids is 1. The molecule has 9 nitrogen and oxygen atoms in total. The van der Waals surface area contributed by atoms with Crippen LogP contribution in [-0.2, 0) is 16.1 Å². The molecule has 0 fully saturated rings. The van der Waals surface area contributed by atoms with Crippen LogP contribution in [0.25, 0.3) is 11.1 Å². The fraction of sp³-hybridized carbons (Fsp3) is 0.154. The van der Waals surface area contributed by atoms with E-state index in [1.54, 1.807) is 37.4 Å². The molecule has 37 heavy (non-hydrogen) atoms. The number of esters is 1. The summed E-state index contributed by atoms with van der Waals surface area (Å²) in [5.74, 6) is -0.990. The molecule has 0 saturated heterocycles. The zero-order valence-electron chi connectivity index (χ0n) is 20.0. The molecule has 0 amide bonds. The van der Waals surface area contributed by atoms with Crippen LogP contribution in [0.3, 0.4) is 0 Å². The highest BCUT2D eigenvalue weighted by molar-refractivity contribution is 7.92. The van der Waals surface area contributed by atoms with Gasteiger partial charge in [0.2, 0.25) is 0 Å². The Morgan fingerprint density at radius 3 is 2.68 bits per heavy atom. The first-order valence-corrected chi connectivity index (χ1v) is 12.4. The summed E-state index contributed by atoms with van der Waals surface area (Å²) in [7, 11) is 1.72. The quantitative estimate of drug-likeness (QED) is 0.0901. The summed E-state index contributed by atoms with van der Waals surface area (Å²) >= 11 is -1.75. The van der Waals surface area contributed by atoms with Gasteiger partial charge in [-0.2, -0.15) is 0 Å². The zero-order chi connectivity index (χ0) is 26.8. The van der Waals surface area contributed by atoms with Crippen LogP contribution in [0.5, 0.6) is 11.5 Å². The van der Waals surface area contributed by atoms with Crippen molar-refractivity contribution >= 4 is 29.2 Å². The third kappa shape index (κ3) is 7.63. The average Bonchev–Trinajstić information content (AvgIpc) is 2.89. The maximum Gasteiger partial charge on any atom is 0.341 e. The molecule has 194 valence electrons. The lowest BCUT2D eigenvalue weighted by Crippen LogP contribution is -2.25. The minimum absolute atomic E-state index is 0.0347. The molecule has 3 rings (SSSR count). The number of phenols is 2. The lowest BCUT2D eigenvalue weighted by molar-refractivity contribution is 0.0498. The molecule has 1 unspecified atom stereocenters. The van der Waals surface area contributed by atoms with Crippen molar-refractivity contribution in [1.29, 1.82) is 5.41 Å². The van der Waals surface area contributed by atoms with Gasteiger partial charge in [-0.05, 0) is 54.5 Å². The van der Waals surface area contributed by atoms with Gasteiger partial charge in [0.1, 0.15) is 34.2 Å². The van der Waals surface area contributed by atoms with Gasteiger partial charge in [-0.1, -0.05) is 12.1 Å². The number of anilines is 1. The van der Waals surface area contributed by atoms with E-state index in [-0.39, 0.29) is 29.2 Å². The Balaban J connectivity index is 1.59. The van der Waals surface area contributed by atoms with Gasteiger partial charge in [-0.15, -0.1) is 0 Å². The largest absolute Gasteiger partial charge is 0.588 e. The minimum atomic E-state index is -1.75. The van der Waals surface area contributed by atoms with E-state index in [1.807, 2.05) is 0 Å². The second kappa shape index (κ2) is 13.2. The number of nitrogens with one attached hydrogen (secondary N) is 4. The molecule has 0 aromatic heterocycles. The Morgan fingerprint density at radius 2 is 1.95 bits per heavy atom. The van der Waals surface area contributed by atoms with Crippen molar-refractivity contribution in [3.8, 4) is 22.6 Å². The summed E-state index contributed by atoms with van der Waals surface area (Å²) in [4.78, 5) is 12.7. The van der Waals surface area contributed by atoms with E-state index in [2.05, 4.69) is 15.4 Å². The van der Waals surface area contributed by atoms with E-state index in [9.17, 15) is 24.0 Å². The number of benzene rings is 3. The standard InChI is InChI=1S/C26H27FN4O5S/c1-29-25(10-11-28)30-12-3-13-36-26(34)21-8-7-19(16-24(21)33)31-37(35)20-5-2-4-17(14-20)22-15-18(27)6-9-23(22)32/h2,4-11,14-16,28-33H,3,12-13H2,1H3/b25-10+,28-11?. The molecule has 11 heteroatoms. The Kier molecular flexibility index (Phi) is 9.76. The van der Waals surface area contributed by atoms with E-state index in [4.69, 9.17) is 10.1 Å². The summed E-state index contributed by atoms with van der Waals surface area (Å²) in [6.07, 6.45) is 3.21. The van der Waals surface area contributed by atoms with E-state index in [1.165, 1.54) is 30.3 Å². The second-order valence-corrected chi connectivity index (χ2v) is 8.92. The van der Waals surface area contributed by atoms with Gasteiger partial charge >= 0.3 is 5.97 Å². The van der Waals surface area contributed by atoms with Crippen LogP contribution in [0, 0.1) is 11.2 Å². The first-order chi connectivity index (χ1) is 17.8. The molecule has 0 aliphatic rings. The van der Waals surface area contributed by atoms with Gasteiger partial charge in [0.25, 0.3) is 0 Å². The number of halogens is 1. The van der Waals surface area contributed by atoms with Gasteiger partial charge < -0.3 is 35.5 Å². The van der Waals surface area contributed by atoms with E-state index in [0.717, 1.165) is 12.3 Å². The fourth-order valence-electron chi connectivity index (χ4n) is 3.30. The van der Waals surface area contributed by atoms with Crippen LogP contribution in [0.15, 0.2) is 77.5 Å². The predicted molar refractivity (Wildman–Crippen MR) is 140 cm³/mol. The SMILES string of the molecule is CN/C(=C\C=N)NCCCOC(=O)c1ccc(N[S+]([O-])c2cccc(-c3cc(F)ccc3O)c2)cc1O. The van der Waals surface area contributed by atoms with Gasteiger partial charge in [0, 0.05) is 37.5 Å². The highest BCUT2D eigenvalue weighted by Gasteiger charge is 2.18. The van der Waals surface area contributed by atoms with Crippen molar-refractivity contribution in [2.45, 2.75) is 11.3 Å². The Labute approximate surface area is 216 Å². The summed E-state index contributed by atoms with van der Waals surface area (Å²) in [5, 5.41) is 33.3. The highest BCUT2D eigenvalue weighted by Crippen LogP contribution is 2.32. The van der Waals surface area contributed by atoms with Crippen molar-refractivity contribution in [2.75, 3.05) is 24.9 Å². The lowest BCUT2D eigenvalue weighted by Gasteiger charge is -2.14. The smallest absolute Gasteiger partial charge is 0.341 e. The topological polar surface area (TPSA) is 150 Å². The molecule has 6 N–H and O–H groups in total. The number of phenolic OH excluding ortho intramolecular Hbond substituents is 2. The highest BCUT2D eigenvalue weighted by atomic mass is 32.2. The molecular formula is C26H27FN4O5S. The number of carbonyl (C=O) groups is 1. The van der Waals surface area contributed by atoms with Crippen molar-refractivity contribution in [3.63, 3.8) is 0 Å². The zero-order valence-corrected chi connectivity index (χ0v) is 20.8. The minimum Gasteiger partial charge on any atom is -0.588 e. The van der Waals surface area contributed by atoms with Crippen molar-refractivity contribution in [1.82, 2.24) is 10.6 Å². The fourth-order valence-corrected chi connectivity index (χ4v) is 4.20. The molecule has 3 aromatic carbocycles. The summed E-state index contributed by atoms with van der Waals surface area (Å²) in [6.45, 7) is 0.628. The first kappa shape index (κ1) is 27.4. The first-order valence-electron chi connectivity index (χ1n) is 11.2. The number of hydrogen-bond donors (Lipinski definition) is 6. The predicted octanol–water partition coefficient (Wildman–Crippen LogP) is 3.89. The normalized spacial score (nSPS) is 11.9. The number of aromatic hydroxyl groups is 2. The van der Waals surface area contributed by atoms with E-state index in [0.29, 0.717) is 34.9 Å². The number of hydrogen-bond acceptors (Lipinski definition) is 9. The van der Waals surface area contributed by atoms with Crippen LogP contribution < -0.4 is 15.4 Å². The third-order valence-electron chi connectivity index (χ3n) is 5.13. The van der Waals surface area contributed by atoms with Crippen molar-refractivity contribution in [2.24, 2.45) is 0 Å². The molecule has 0 aliphatic carbocycles. The lowest BCUT2D eigenvalue weighted by atomic mass is 10.0. The van der Waals surface area contributed by atoms with E-state index < -0.39 is 23.1 Å². The van der Waals surface area contributed by atoms with Crippen molar-refractivity contribution in [3.05, 3.63) is 83.9 Å². The van der Waals surface area contributed by atoms with Crippen LogP contribution in [0.2, 0.25) is 0 Å². The maximum atomic E-state index is 13.6. The maximum absolute atomic E-state index is 13.6. The van der Waals surface area contributed by atoms with Crippen LogP contribution in [0.1, 0.15) is 16.8 Å². The molecule has 0 bridgehead atoms. The Hall–Kier alpha value is -4.22. The Morgan fingerprint density at radius 1 is 1.14 bits per heavy atom. The molecule has 0 saturated carbocycles. The second-order valence-electron chi connectivity index (χ2n) is 7.71. The molecule has 0 spiro atoms. The molecule has 1 atom stereocenters. The molecule has 0 aliphatic heterocycles. The monoisotopic (exact) mass is 526 g/mol. The van der Waals surface area contributed by atoms with Gasteiger partial charge in [-0.3, -0.25) is 0 Å². The van der Waals surface area contributed by atoms with Crippen LogP contribution in [-0.4, -0.2) is 47.1 Å². The number of ether oxygens (including phenoxy) is 1. The number of rotatable bonds is 12. The third-order valence-corrected chi connectivity index (χ3v) is 6.24. The van der Waals surface area contributed by atoms with Gasteiger partial charge in [0.15, 0.2) is 4.90 Å². The summed E-state index contributed by atoms with van der Waals surface area (Å²) < 4.78 is 34.4. The number of allylic oxidation sites excluding steroid dienone is 1. The van der Waals surface area contributed by atoms with Crippen LogP contribution >= 0.6 is 0 Å². The van der Waals surface area contributed by atoms with Crippen LogP contribution in [0.4, 0.5) is 10.1 Å². The Bertz CT molecular complexity index is 1290. The van der Waals surface area contributed by atoms with E-state index >= 15 is 0 Å². The molecule has 3 aromatic rings. The summed E-state index contributed by atoms with van der Waals surface area (Å²) in [5.41, 5.74) is 1.01. The molecular weight excluding hydrogens is 499 g/mol. The summed E-state index contributed by atoms with van der Waals surface area (Å²) in [6, 6.07) is 14.1. The van der Waals surface area contributed by atoms with Gasteiger partial charge in [-0.25, -0.2) is 13.9 Å². The molecule has 0 heterocycles. The van der Waals surface area contributed by atoms with Gasteiger partial charge in [0.05, 0.1) is 18.1 Å².